The maximum absolute atomic E-state index is 6.15. The first-order valence-electron chi connectivity index (χ1n) is 10.2. The molecule has 3 N–H and O–H groups in total. The Morgan fingerprint density at radius 2 is 2.28 bits per heavy atom. The van der Waals surface area contributed by atoms with Crippen LogP contribution in [0.25, 0.3) is 5.65 Å². The van der Waals surface area contributed by atoms with Crippen molar-refractivity contribution in [1.29, 1.82) is 0 Å². The molecule has 29 heavy (non-hydrogen) atoms. The third-order valence-corrected chi connectivity index (χ3v) is 5.36. The Labute approximate surface area is 170 Å². The number of piperidine rings is 1. The number of aliphatic imine (C=N–C) groups is 1. The fraction of sp³-hybridized carbons (Fsp3) is 0.429. The number of nitrogens with two attached hydrogens (primary N) is 1. The first kappa shape index (κ1) is 19.2. The van der Waals surface area contributed by atoms with E-state index in [0.29, 0.717) is 24.3 Å². The van der Waals surface area contributed by atoms with E-state index in [1.165, 1.54) is 5.56 Å². The fourth-order valence-corrected chi connectivity index (χ4v) is 3.77. The normalized spacial score (nSPS) is 17.8. The van der Waals surface area contributed by atoms with Gasteiger partial charge in [-0.05, 0) is 42.4 Å². The van der Waals surface area contributed by atoms with Crippen molar-refractivity contribution in [3.63, 3.8) is 0 Å². The minimum Gasteiger partial charge on any atom is -0.370 e. The van der Waals surface area contributed by atoms with E-state index < -0.39 is 0 Å². The number of rotatable bonds is 5. The Kier molecular flexibility index (Phi) is 5.59. The summed E-state index contributed by atoms with van der Waals surface area (Å²) < 4.78 is 1.90. The lowest BCUT2D eigenvalue weighted by atomic mass is 9.98. The van der Waals surface area contributed by atoms with Gasteiger partial charge in [-0.25, -0.2) is 4.98 Å². The highest BCUT2D eigenvalue weighted by Crippen LogP contribution is 2.24. The van der Waals surface area contributed by atoms with Gasteiger partial charge in [0.05, 0.1) is 0 Å². The second-order valence-corrected chi connectivity index (χ2v) is 7.90. The molecule has 2 aromatic heterocycles. The Morgan fingerprint density at radius 3 is 3.14 bits per heavy atom. The number of benzene rings is 1. The van der Waals surface area contributed by atoms with E-state index in [2.05, 4.69) is 56.4 Å². The number of hydrogen-bond acceptors (Lipinski definition) is 5. The van der Waals surface area contributed by atoms with Crippen LogP contribution in [0.3, 0.4) is 0 Å². The molecule has 0 bridgehead atoms. The van der Waals surface area contributed by atoms with E-state index in [1.807, 2.05) is 22.7 Å². The average Bonchev–Trinajstić information content (AvgIpc) is 3.21. The van der Waals surface area contributed by atoms with Gasteiger partial charge in [0.2, 0.25) is 5.65 Å². The Morgan fingerprint density at radius 1 is 1.38 bits per heavy atom. The van der Waals surface area contributed by atoms with Gasteiger partial charge in [0, 0.05) is 37.7 Å². The van der Waals surface area contributed by atoms with Crippen molar-refractivity contribution in [2.75, 3.05) is 29.9 Å². The van der Waals surface area contributed by atoms with E-state index in [9.17, 15) is 0 Å². The second kappa shape index (κ2) is 8.46. The molecular formula is C21H28N8. The van der Waals surface area contributed by atoms with Gasteiger partial charge < -0.3 is 16.0 Å². The van der Waals surface area contributed by atoms with E-state index in [4.69, 9.17) is 5.73 Å². The molecule has 1 fully saturated rings. The van der Waals surface area contributed by atoms with Gasteiger partial charge >= 0.3 is 0 Å². The summed E-state index contributed by atoms with van der Waals surface area (Å²) in [6, 6.07) is 8.31. The zero-order valence-electron chi connectivity index (χ0n) is 17.0. The molecule has 3 heterocycles. The van der Waals surface area contributed by atoms with Crippen LogP contribution in [0.1, 0.15) is 38.2 Å². The summed E-state index contributed by atoms with van der Waals surface area (Å²) in [5, 5.41) is 11.4. The van der Waals surface area contributed by atoms with Crippen LogP contribution in [0.15, 0.2) is 48.0 Å². The van der Waals surface area contributed by atoms with E-state index in [-0.39, 0.29) is 0 Å². The van der Waals surface area contributed by atoms with Crippen LogP contribution >= 0.6 is 0 Å². The summed E-state index contributed by atoms with van der Waals surface area (Å²) in [7, 11) is 0. The van der Waals surface area contributed by atoms with Crippen LogP contribution in [-0.4, -0.2) is 45.2 Å². The van der Waals surface area contributed by atoms with Gasteiger partial charge in [-0.15, -0.1) is 10.2 Å². The zero-order chi connectivity index (χ0) is 20.2. The lowest BCUT2D eigenvalue weighted by Gasteiger charge is -2.32. The molecule has 1 aliphatic rings. The van der Waals surface area contributed by atoms with Crippen LogP contribution in [0.2, 0.25) is 0 Å². The summed E-state index contributed by atoms with van der Waals surface area (Å²) in [5.41, 5.74) is 9.20. The number of anilines is 2. The van der Waals surface area contributed by atoms with E-state index in [0.717, 1.165) is 43.1 Å². The van der Waals surface area contributed by atoms with Gasteiger partial charge in [0.25, 0.3) is 0 Å². The first-order chi connectivity index (χ1) is 14.1. The summed E-state index contributed by atoms with van der Waals surface area (Å²) in [5.74, 6) is 2.25. The van der Waals surface area contributed by atoms with Crippen molar-refractivity contribution >= 4 is 23.1 Å². The zero-order valence-corrected chi connectivity index (χ0v) is 17.0. The van der Waals surface area contributed by atoms with Crippen molar-refractivity contribution in [1.82, 2.24) is 19.6 Å². The monoisotopic (exact) mass is 392 g/mol. The topological polar surface area (TPSA) is 96.7 Å². The number of nitrogens with zero attached hydrogens (tertiary/aromatic N) is 6. The van der Waals surface area contributed by atoms with Crippen molar-refractivity contribution in [2.24, 2.45) is 16.6 Å². The quantitative estimate of drug-likeness (QED) is 0.512. The van der Waals surface area contributed by atoms with Gasteiger partial charge in [-0.2, -0.15) is 0 Å². The molecule has 8 heteroatoms. The van der Waals surface area contributed by atoms with Crippen molar-refractivity contribution in [3.8, 4) is 0 Å². The molecule has 1 saturated heterocycles. The Bertz CT molecular complexity index is 993. The number of hydrogen-bond donors (Lipinski definition) is 2. The third kappa shape index (κ3) is 4.47. The van der Waals surface area contributed by atoms with Crippen molar-refractivity contribution in [3.05, 3.63) is 48.5 Å². The maximum atomic E-state index is 6.15. The number of guanidine groups is 1. The molecule has 3 aromatic rings. The summed E-state index contributed by atoms with van der Waals surface area (Å²) >= 11 is 0. The Balaban J connectivity index is 1.39. The number of nitrogens with one attached hydrogen (secondary N) is 1. The van der Waals surface area contributed by atoms with Crippen LogP contribution in [0.5, 0.6) is 0 Å². The standard InChI is InChI=1S/C21H28N8/c1-15(2)17-6-3-7-18(11-17)26-21(22)24-12-16-5-4-9-28(13-16)19-20-27-25-14-29(20)10-8-23-19/h3,6-8,10-11,14-16H,4-5,9,12-13H2,1-2H3,(H3,22,24,26). The Hall–Kier alpha value is -3.16. The molecule has 1 aliphatic heterocycles. The first-order valence-corrected chi connectivity index (χ1v) is 10.2. The van der Waals surface area contributed by atoms with E-state index >= 15 is 0 Å². The second-order valence-electron chi connectivity index (χ2n) is 7.90. The summed E-state index contributed by atoms with van der Waals surface area (Å²) in [4.78, 5) is 11.4. The molecule has 0 saturated carbocycles. The molecule has 0 radical (unpaired) electrons. The smallest absolute Gasteiger partial charge is 0.203 e. The summed E-state index contributed by atoms with van der Waals surface area (Å²) in [6.07, 6.45) is 7.59. The van der Waals surface area contributed by atoms with Crippen molar-refractivity contribution in [2.45, 2.75) is 32.6 Å². The van der Waals surface area contributed by atoms with Crippen LogP contribution < -0.4 is 16.0 Å². The predicted molar refractivity (Wildman–Crippen MR) is 116 cm³/mol. The molecule has 1 unspecified atom stereocenters. The van der Waals surface area contributed by atoms with Crippen LogP contribution in [-0.2, 0) is 0 Å². The SMILES string of the molecule is CC(C)c1cccc(NC(N)=NCC2CCCN(c3nccn4cnnc34)C2)c1. The lowest BCUT2D eigenvalue weighted by Crippen LogP contribution is -2.38. The number of fused-ring (bicyclic) bond motifs is 1. The lowest BCUT2D eigenvalue weighted by molar-refractivity contribution is 0.422. The third-order valence-electron chi connectivity index (χ3n) is 5.36. The van der Waals surface area contributed by atoms with Crippen LogP contribution in [0, 0.1) is 5.92 Å². The van der Waals surface area contributed by atoms with Crippen molar-refractivity contribution < 1.29 is 0 Å². The van der Waals surface area contributed by atoms with E-state index in [1.54, 1.807) is 12.5 Å². The predicted octanol–water partition coefficient (Wildman–Crippen LogP) is 2.89. The largest absolute Gasteiger partial charge is 0.370 e. The summed E-state index contributed by atoms with van der Waals surface area (Å²) in [6.45, 7) is 6.91. The average molecular weight is 393 g/mol. The van der Waals surface area contributed by atoms with Gasteiger partial charge in [-0.3, -0.25) is 9.39 Å². The minimum atomic E-state index is 0.427. The van der Waals surface area contributed by atoms with Gasteiger partial charge in [-0.1, -0.05) is 26.0 Å². The highest BCUT2D eigenvalue weighted by atomic mass is 15.3. The molecule has 0 aliphatic carbocycles. The van der Waals surface area contributed by atoms with Crippen LogP contribution in [0.4, 0.5) is 11.5 Å². The molecule has 8 nitrogen and oxygen atoms in total. The molecule has 0 spiro atoms. The van der Waals surface area contributed by atoms with Gasteiger partial charge in [0.1, 0.15) is 6.33 Å². The maximum Gasteiger partial charge on any atom is 0.203 e. The number of aromatic nitrogens is 4. The van der Waals surface area contributed by atoms with Gasteiger partial charge in [0.15, 0.2) is 11.8 Å². The molecule has 1 aromatic carbocycles. The molecule has 4 rings (SSSR count). The minimum absolute atomic E-state index is 0.427. The molecule has 0 amide bonds. The highest BCUT2D eigenvalue weighted by molar-refractivity contribution is 5.92. The highest BCUT2D eigenvalue weighted by Gasteiger charge is 2.23. The fourth-order valence-electron chi connectivity index (χ4n) is 3.77. The molecule has 1 atom stereocenters. The molecular weight excluding hydrogens is 364 g/mol. The molecule has 152 valence electrons.